The van der Waals surface area contributed by atoms with Gasteiger partial charge in [-0.1, -0.05) is 0 Å². The second-order valence-electron chi connectivity index (χ2n) is 6.10. The van der Waals surface area contributed by atoms with E-state index in [2.05, 4.69) is 4.72 Å². The smallest absolute Gasteiger partial charge is 0.409 e. The summed E-state index contributed by atoms with van der Waals surface area (Å²) in [6, 6.07) is 3.11. The number of carbonyl (C=O) groups is 2. The zero-order valence-corrected chi connectivity index (χ0v) is 16.4. The maximum absolute atomic E-state index is 12.8. The van der Waals surface area contributed by atoms with E-state index in [9.17, 15) is 18.0 Å². The Morgan fingerprint density at radius 2 is 1.69 bits per heavy atom. The van der Waals surface area contributed by atoms with E-state index < -0.39 is 10.0 Å². The van der Waals surface area contributed by atoms with Gasteiger partial charge in [0.05, 0.1) is 11.5 Å². The van der Waals surface area contributed by atoms with Gasteiger partial charge in [-0.25, -0.2) is 17.9 Å². The number of piperazine rings is 1. The molecule has 144 valence electrons. The minimum Gasteiger partial charge on any atom is -0.450 e. The molecular formula is C17H25N3O5S. The van der Waals surface area contributed by atoms with Gasteiger partial charge in [0.1, 0.15) is 0 Å². The molecule has 1 aliphatic rings. The molecule has 9 heteroatoms. The van der Waals surface area contributed by atoms with Gasteiger partial charge in [0.2, 0.25) is 10.0 Å². The summed E-state index contributed by atoms with van der Waals surface area (Å²) < 4.78 is 31.7. The molecule has 0 saturated carbocycles. The third-order valence-corrected chi connectivity index (χ3v) is 6.06. The van der Waals surface area contributed by atoms with Crippen LogP contribution in [-0.4, -0.2) is 70.1 Å². The molecule has 0 atom stereocenters. The summed E-state index contributed by atoms with van der Waals surface area (Å²) in [6.45, 7) is 7.06. The first-order valence-corrected chi connectivity index (χ1v) is 9.95. The lowest BCUT2D eigenvalue weighted by molar-refractivity contribution is 0.0570. The molecule has 0 aliphatic carbocycles. The van der Waals surface area contributed by atoms with Crippen LogP contribution >= 0.6 is 0 Å². The zero-order valence-electron chi connectivity index (χ0n) is 15.5. The van der Waals surface area contributed by atoms with Crippen LogP contribution in [0.3, 0.4) is 0 Å². The number of hydrogen-bond acceptors (Lipinski definition) is 5. The monoisotopic (exact) mass is 383 g/mol. The van der Waals surface area contributed by atoms with Gasteiger partial charge in [-0.05, 0) is 51.1 Å². The number of nitrogens with zero attached hydrogens (tertiary/aromatic N) is 2. The van der Waals surface area contributed by atoms with Crippen molar-refractivity contribution in [2.24, 2.45) is 0 Å². The highest BCUT2D eigenvalue weighted by atomic mass is 32.2. The van der Waals surface area contributed by atoms with E-state index in [1.807, 2.05) is 0 Å². The molecule has 1 aromatic rings. The van der Waals surface area contributed by atoms with Crippen LogP contribution in [-0.2, 0) is 14.8 Å². The molecule has 2 amide bonds. The number of rotatable bonds is 4. The summed E-state index contributed by atoms with van der Waals surface area (Å²) in [6.07, 6.45) is -0.381. The molecule has 1 saturated heterocycles. The fraction of sp³-hybridized carbons (Fsp3) is 0.529. The third kappa shape index (κ3) is 4.16. The molecule has 2 rings (SSSR count). The van der Waals surface area contributed by atoms with Crippen LogP contribution in [0.1, 0.15) is 28.4 Å². The van der Waals surface area contributed by atoms with E-state index in [4.69, 9.17) is 4.74 Å². The van der Waals surface area contributed by atoms with Gasteiger partial charge >= 0.3 is 6.09 Å². The molecule has 0 bridgehead atoms. The standard InChI is InChI=1S/C17H25N3O5S/c1-5-25-17(22)20-8-6-19(7-9-20)16(21)14-10-12(2)13(3)15(11-14)26(23,24)18-4/h10-11,18H,5-9H2,1-4H3. The molecule has 0 aromatic heterocycles. The first-order chi connectivity index (χ1) is 12.2. The van der Waals surface area contributed by atoms with Crippen LogP contribution in [0, 0.1) is 13.8 Å². The van der Waals surface area contributed by atoms with Crippen LogP contribution in [0.25, 0.3) is 0 Å². The summed E-state index contributed by atoms with van der Waals surface area (Å²) in [7, 11) is -2.31. The number of benzene rings is 1. The number of hydrogen-bond donors (Lipinski definition) is 1. The summed E-state index contributed by atoms with van der Waals surface area (Å²) in [5.74, 6) is -0.246. The molecule has 0 spiro atoms. The Balaban J connectivity index is 2.20. The second-order valence-corrected chi connectivity index (χ2v) is 7.96. The van der Waals surface area contributed by atoms with Crippen LogP contribution in [0.5, 0.6) is 0 Å². The number of amides is 2. The predicted molar refractivity (Wildman–Crippen MR) is 96.7 cm³/mol. The van der Waals surface area contributed by atoms with Crippen molar-refractivity contribution in [1.82, 2.24) is 14.5 Å². The van der Waals surface area contributed by atoms with Crippen molar-refractivity contribution in [3.05, 3.63) is 28.8 Å². The van der Waals surface area contributed by atoms with E-state index in [0.717, 1.165) is 5.56 Å². The van der Waals surface area contributed by atoms with Gasteiger partial charge in [0.25, 0.3) is 5.91 Å². The molecule has 1 heterocycles. The van der Waals surface area contributed by atoms with Crippen molar-refractivity contribution in [1.29, 1.82) is 0 Å². The third-order valence-electron chi connectivity index (χ3n) is 4.52. The van der Waals surface area contributed by atoms with Crippen LogP contribution in [0.2, 0.25) is 0 Å². The highest BCUT2D eigenvalue weighted by Gasteiger charge is 2.27. The summed E-state index contributed by atoms with van der Waals surface area (Å²) in [5.41, 5.74) is 1.67. The van der Waals surface area contributed by atoms with Crippen molar-refractivity contribution in [3.8, 4) is 0 Å². The zero-order chi connectivity index (χ0) is 19.5. The van der Waals surface area contributed by atoms with Crippen molar-refractivity contribution >= 4 is 22.0 Å². The van der Waals surface area contributed by atoms with Crippen LogP contribution in [0.4, 0.5) is 4.79 Å². The van der Waals surface area contributed by atoms with E-state index in [1.54, 1.807) is 36.6 Å². The minimum atomic E-state index is -3.65. The fourth-order valence-electron chi connectivity index (χ4n) is 2.83. The highest BCUT2D eigenvalue weighted by molar-refractivity contribution is 7.89. The Labute approximate surface area is 154 Å². The van der Waals surface area contributed by atoms with Crippen molar-refractivity contribution in [2.45, 2.75) is 25.7 Å². The van der Waals surface area contributed by atoms with Crippen molar-refractivity contribution in [2.75, 3.05) is 39.8 Å². The normalized spacial score (nSPS) is 15.1. The Kier molecular flexibility index (Phi) is 6.25. The quantitative estimate of drug-likeness (QED) is 0.841. The molecule has 1 N–H and O–H groups in total. The first-order valence-electron chi connectivity index (χ1n) is 8.47. The summed E-state index contributed by atoms with van der Waals surface area (Å²) in [5, 5.41) is 0. The van der Waals surface area contributed by atoms with E-state index in [0.29, 0.717) is 43.9 Å². The van der Waals surface area contributed by atoms with E-state index >= 15 is 0 Å². The SMILES string of the molecule is CCOC(=O)N1CCN(C(=O)c2cc(C)c(C)c(S(=O)(=O)NC)c2)CC1. The number of sulfonamides is 1. The lowest BCUT2D eigenvalue weighted by atomic mass is 10.0. The highest BCUT2D eigenvalue weighted by Crippen LogP contribution is 2.22. The fourth-order valence-corrected chi connectivity index (χ4v) is 3.90. The lowest BCUT2D eigenvalue weighted by Gasteiger charge is -2.34. The molecule has 0 unspecified atom stereocenters. The molecule has 8 nitrogen and oxygen atoms in total. The maximum Gasteiger partial charge on any atom is 0.409 e. The topological polar surface area (TPSA) is 96.0 Å². The molecular weight excluding hydrogens is 358 g/mol. The number of carbonyl (C=O) groups excluding carboxylic acids is 2. The number of aryl methyl sites for hydroxylation is 1. The number of nitrogens with one attached hydrogen (secondary N) is 1. The number of ether oxygens (including phenoxy) is 1. The van der Waals surface area contributed by atoms with Crippen LogP contribution in [0.15, 0.2) is 17.0 Å². The molecule has 26 heavy (non-hydrogen) atoms. The summed E-state index contributed by atoms with van der Waals surface area (Å²) in [4.78, 5) is 27.8. The molecule has 1 aromatic carbocycles. The Morgan fingerprint density at radius 1 is 1.12 bits per heavy atom. The molecule has 1 fully saturated rings. The van der Waals surface area contributed by atoms with Gasteiger partial charge in [-0.3, -0.25) is 4.79 Å². The van der Waals surface area contributed by atoms with Crippen LogP contribution < -0.4 is 4.72 Å². The largest absolute Gasteiger partial charge is 0.450 e. The molecule has 1 aliphatic heterocycles. The summed E-state index contributed by atoms with van der Waals surface area (Å²) >= 11 is 0. The van der Waals surface area contributed by atoms with Gasteiger partial charge in [-0.15, -0.1) is 0 Å². The van der Waals surface area contributed by atoms with E-state index in [1.165, 1.54) is 13.1 Å². The van der Waals surface area contributed by atoms with Crippen molar-refractivity contribution < 1.29 is 22.7 Å². The lowest BCUT2D eigenvalue weighted by Crippen LogP contribution is -2.50. The first kappa shape index (κ1) is 20.2. The Bertz CT molecular complexity index is 799. The van der Waals surface area contributed by atoms with Gasteiger partial charge < -0.3 is 14.5 Å². The van der Waals surface area contributed by atoms with Crippen molar-refractivity contribution in [3.63, 3.8) is 0 Å². The Morgan fingerprint density at radius 3 is 2.23 bits per heavy atom. The average molecular weight is 383 g/mol. The Hall–Kier alpha value is -2.13. The second kappa shape index (κ2) is 8.05. The minimum absolute atomic E-state index is 0.105. The van der Waals surface area contributed by atoms with E-state index in [-0.39, 0.29) is 16.9 Å². The predicted octanol–water partition coefficient (Wildman–Crippen LogP) is 1.13. The van der Waals surface area contributed by atoms with Gasteiger partial charge in [0, 0.05) is 31.7 Å². The van der Waals surface area contributed by atoms with Gasteiger partial charge in [-0.2, -0.15) is 0 Å². The maximum atomic E-state index is 12.8. The van der Waals surface area contributed by atoms with Gasteiger partial charge in [0.15, 0.2) is 0 Å². The average Bonchev–Trinajstić information content (AvgIpc) is 2.63. The molecule has 0 radical (unpaired) electrons.